The molecule has 2 rings (SSSR count). The Labute approximate surface area is 119 Å². The van der Waals surface area contributed by atoms with Gasteiger partial charge in [-0.3, -0.25) is 23.6 Å². The summed E-state index contributed by atoms with van der Waals surface area (Å²) < 4.78 is 6.62. The predicted octanol–water partition coefficient (Wildman–Crippen LogP) is -0.993. The first-order valence-electron chi connectivity index (χ1n) is 6.27. The first kappa shape index (κ1) is 14.8. The van der Waals surface area contributed by atoms with Gasteiger partial charge in [0.1, 0.15) is 5.82 Å². The maximum Gasteiger partial charge on any atom is 0.332 e. The van der Waals surface area contributed by atoms with Crippen LogP contribution >= 0.6 is 0 Å². The van der Waals surface area contributed by atoms with Gasteiger partial charge in [-0.15, -0.1) is 0 Å². The Morgan fingerprint density at radius 3 is 2.33 bits per heavy atom. The largest absolute Gasteiger partial charge is 0.466 e. The molecule has 0 N–H and O–H groups in total. The van der Waals surface area contributed by atoms with Crippen LogP contribution in [0.5, 0.6) is 0 Å². The molecule has 0 bridgehead atoms. The smallest absolute Gasteiger partial charge is 0.332 e. The van der Waals surface area contributed by atoms with Crippen molar-refractivity contribution in [2.24, 2.45) is 14.1 Å². The van der Waals surface area contributed by atoms with Crippen LogP contribution in [0.15, 0.2) is 15.7 Å². The molecule has 1 aliphatic rings. The average molecular weight is 293 g/mol. The van der Waals surface area contributed by atoms with E-state index in [0.29, 0.717) is 0 Å². The molecule has 0 spiro atoms. The minimum absolute atomic E-state index is 0.0388. The fourth-order valence-corrected chi connectivity index (χ4v) is 2.34. The van der Waals surface area contributed by atoms with Crippen LogP contribution in [0, 0.1) is 0 Å². The Hall–Kier alpha value is -2.64. The zero-order valence-electron chi connectivity index (χ0n) is 12.2. The van der Waals surface area contributed by atoms with Crippen molar-refractivity contribution in [2.75, 3.05) is 18.6 Å². The van der Waals surface area contributed by atoms with Crippen LogP contribution in [0.4, 0.5) is 5.82 Å². The van der Waals surface area contributed by atoms with E-state index in [4.69, 9.17) is 0 Å². The number of rotatable bonds is 2. The van der Waals surface area contributed by atoms with Crippen molar-refractivity contribution in [1.82, 2.24) is 9.13 Å². The third-order valence-electron chi connectivity index (χ3n) is 3.41. The molecule has 0 aromatic carbocycles. The van der Waals surface area contributed by atoms with E-state index < -0.39 is 23.1 Å². The number of hydrogen-bond donors (Lipinski definition) is 0. The number of ether oxygens (including phenoxy) is 1. The molecule has 1 amide bonds. The van der Waals surface area contributed by atoms with Gasteiger partial charge in [0, 0.05) is 26.7 Å². The molecule has 112 valence electrons. The first-order valence-corrected chi connectivity index (χ1v) is 6.27. The number of aromatic nitrogens is 2. The molecule has 0 atom stereocenters. The van der Waals surface area contributed by atoms with Crippen molar-refractivity contribution in [1.29, 1.82) is 0 Å². The lowest BCUT2D eigenvalue weighted by atomic mass is 10.1. The first-order chi connectivity index (χ1) is 9.84. The van der Waals surface area contributed by atoms with Crippen LogP contribution in [0.1, 0.15) is 12.5 Å². The fourth-order valence-electron chi connectivity index (χ4n) is 2.34. The second kappa shape index (κ2) is 5.04. The van der Waals surface area contributed by atoms with Crippen LogP contribution in [-0.4, -0.2) is 34.7 Å². The van der Waals surface area contributed by atoms with Gasteiger partial charge in [-0.25, -0.2) is 9.59 Å². The predicted molar refractivity (Wildman–Crippen MR) is 74.9 cm³/mol. The highest BCUT2D eigenvalue weighted by Gasteiger charge is 2.37. The molecular weight excluding hydrogens is 278 g/mol. The third-order valence-corrected chi connectivity index (χ3v) is 3.41. The number of esters is 1. The van der Waals surface area contributed by atoms with E-state index in [1.807, 2.05) is 0 Å². The maximum atomic E-state index is 12.4. The van der Waals surface area contributed by atoms with Crippen molar-refractivity contribution in [3.63, 3.8) is 0 Å². The summed E-state index contributed by atoms with van der Waals surface area (Å²) in [6.07, 6.45) is 0.975. The minimum Gasteiger partial charge on any atom is -0.466 e. The topological polar surface area (TPSA) is 90.6 Å². The standard InChI is InChI=1S/C13H15N3O5/c1-5-16-10-9(7(11(16)18)6-8(17)21-4)12(19)15(3)13(20)14(10)2/h6H,5H2,1-4H3/b7-6+. The number of anilines is 1. The van der Waals surface area contributed by atoms with Gasteiger partial charge in [0.15, 0.2) is 0 Å². The van der Waals surface area contributed by atoms with Gasteiger partial charge in [-0.05, 0) is 6.92 Å². The summed E-state index contributed by atoms with van der Waals surface area (Å²) in [5, 5.41) is 0. The SMILES string of the molecule is CCN1C(=O)/C(=C/C(=O)OC)c2c1n(C)c(=O)n(C)c2=O. The summed E-state index contributed by atoms with van der Waals surface area (Å²) in [5.41, 5.74) is -1.18. The number of likely N-dealkylation sites (N-methyl/N-ethyl adjacent to an activating group) is 1. The fraction of sp³-hybridized carbons (Fsp3) is 0.385. The second-order valence-electron chi connectivity index (χ2n) is 4.53. The minimum atomic E-state index is -0.738. The van der Waals surface area contributed by atoms with E-state index in [0.717, 1.165) is 10.6 Å². The van der Waals surface area contributed by atoms with Crippen LogP contribution in [-0.2, 0) is 28.4 Å². The Kier molecular flexibility index (Phi) is 3.54. The van der Waals surface area contributed by atoms with Crippen molar-refractivity contribution >= 4 is 23.3 Å². The van der Waals surface area contributed by atoms with E-state index in [-0.39, 0.29) is 23.5 Å². The summed E-state index contributed by atoms with van der Waals surface area (Å²) in [4.78, 5) is 49.3. The summed E-state index contributed by atoms with van der Waals surface area (Å²) in [6, 6.07) is 0. The molecule has 21 heavy (non-hydrogen) atoms. The molecule has 1 aromatic heterocycles. The molecular formula is C13H15N3O5. The molecule has 1 aromatic rings. The highest BCUT2D eigenvalue weighted by Crippen LogP contribution is 2.32. The summed E-state index contributed by atoms with van der Waals surface area (Å²) in [5.74, 6) is -1.04. The van der Waals surface area contributed by atoms with E-state index in [1.165, 1.54) is 30.7 Å². The third kappa shape index (κ3) is 1.99. The Morgan fingerprint density at radius 1 is 1.19 bits per heavy atom. The normalized spacial score (nSPS) is 15.5. The van der Waals surface area contributed by atoms with Crippen molar-refractivity contribution in [3.8, 4) is 0 Å². The summed E-state index contributed by atoms with van der Waals surface area (Å²) in [6.45, 7) is 1.98. The second-order valence-corrected chi connectivity index (χ2v) is 4.53. The molecule has 0 saturated carbocycles. The molecule has 8 heteroatoms. The lowest BCUT2D eigenvalue weighted by molar-refractivity contribution is -0.135. The van der Waals surface area contributed by atoms with Crippen LogP contribution < -0.4 is 16.1 Å². The van der Waals surface area contributed by atoms with Gasteiger partial charge in [0.25, 0.3) is 11.5 Å². The monoisotopic (exact) mass is 293 g/mol. The molecule has 0 radical (unpaired) electrons. The number of nitrogens with zero attached hydrogens (tertiary/aromatic N) is 3. The van der Waals surface area contributed by atoms with E-state index in [2.05, 4.69) is 4.74 Å². The quantitative estimate of drug-likeness (QED) is 0.515. The van der Waals surface area contributed by atoms with Crippen molar-refractivity contribution < 1.29 is 14.3 Å². The number of hydrogen-bond acceptors (Lipinski definition) is 5. The lowest BCUT2D eigenvalue weighted by Crippen LogP contribution is -2.40. The van der Waals surface area contributed by atoms with Crippen LogP contribution in [0.2, 0.25) is 0 Å². The van der Waals surface area contributed by atoms with Crippen LogP contribution in [0.3, 0.4) is 0 Å². The molecule has 0 aliphatic carbocycles. The van der Waals surface area contributed by atoms with E-state index in [1.54, 1.807) is 6.92 Å². The Balaban J connectivity index is 2.90. The van der Waals surface area contributed by atoms with Gasteiger partial charge in [-0.1, -0.05) is 0 Å². The average Bonchev–Trinajstić information content (AvgIpc) is 2.75. The zero-order chi connectivity index (χ0) is 15.9. The molecule has 8 nitrogen and oxygen atoms in total. The molecule has 0 fully saturated rings. The molecule has 0 unspecified atom stereocenters. The number of carbonyl (C=O) groups is 2. The molecule has 0 saturated heterocycles. The van der Waals surface area contributed by atoms with Gasteiger partial charge in [-0.2, -0.15) is 0 Å². The van der Waals surface area contributed by atoms with E-state index in [9.17, 15) is 19.2 Å². The van der Waals surface area contributed by atoms with Crippen molar-refractivity contribution in [3.05, 3.63) is 32.5 Å². The zero-order valence-corrected chi connectivity index (χ0v) is 12.2. The van der Waals surface area contributed by atoms with E-state index >= 15 is 0 Å². The van der Waals surface area contributed by atoms with Gasteiger partial charge < -0.3 is 4.74 Å². The van der Waals surface area contributed by atoms with Crippen molar-refractivity contribution in [2.45, 2.75) is 6.92 Å². The van der Waals surface area contributed by atoms with Gasteiger partial charge in [0.2, 0.25) is 0 Å². The van der Waals surface area contributed by atoms with Gasteiger partial charge >= 0.3 is 11.7 Å². The number of fused-ring (bicyclic) bond motifs is 1. The molecule has 2 heterocycles. The summed E-state index contributed by atoms with van der Waals surface area (Å²) in [7, 11) is 3.97. The van der Waals surface area contributed by atoms with Gasteiger partial charge in [0.05, 0.1) is 18.2 Å². The Morgan fingerprint density at radius 2 is 1.81 bits per heavy atom. The number of methoxy groups -OCH3 is 1. The Bertz CT molecular complexity index is 784. The number of carbonyl (C=O) groups excluding carboxylic acids is 2. The van der Waals surface area contributed by atoms with Crippen LogP contribution in [0.25, 0.3) is 5.57 Å². The maximum absolute atomic E-state index is 12.4. The lowest BCUT2D eigenvalue weighted by Gasteiger charge is -2.17. The summed E-state index contributed by atoms with van der Waals surface area (Å²) >= 11 is 0. The highest BCUT2D eigenvalue weighted by molar-refractivity contribution is 6.34. The highest BCUT2D eigenvalue weighted by atomic mass is 16.5. The number of amides is 1. The molecule has 1 aliphatic heterocycles.